The van der Waals surface area contributed by atoms with Gasteiger partial charge in [-0.3, -0.25) is 9.78 Å². The number of nitrogens with one attached hydrogen (secondary N) is 1. The summed E-state index contributed by atoms with van der Waals surface area (Å²) in [6, 6.07) is 1.82. The van der Waals surface area contributed by atoms with E-state index in [0.717, 1.165) is 15.8 Å². The van der Waals surface area contributed by atoms with Gasteiger partial charge in [0.1, 0.15) is 4.88 Å². The fourth-order valence-corrected chi connectivity index (χ4v) is 3.10. The van der Waals surface area contributed by atoms with Gasteiger partial charge in [-0.2, -0.15) is 0 Å². The molecular formula is C13H13N3OS2. The van der Waals surface area contributed by atoms with Gasteiger partial charge >= 0.3 is 0 Å². The van der Waals surface area contributed by atoms with Crippen molar-refractivity contribution in [2.75, 3.05) is 23.8 Å². The first-order valence-corrected chi connectivity index (χ1v) is 7.62. The predicted octanol–water partition coefficient (Wildman–Crippen LogP) is 1.97. The molecule has 0 aliphatic heterocycles. The lowest BCUT2D eigenvalue weighted by Gasteiger charge is -2.03. The van der Waals surface area contributed by atoms with Crippen molar-refractivity contribution >= 4 is 44.8 Å². The van der Waals surface area contributed by atoms with Crippen molar-refractivity contribution in [3.63, 3.8) is 0 Å². The average Bonchev–Trinajstić information content (AvgIpc) is 2.76. The van der Waals surface area contributed by atoms with E-state index in [-0.39, 0.29) is 5.91 Å². The third-order valence-electron chi connectivity index (χ3n) is 2.45. The second-order valence-corrected chi connectivity index (χ2v) is 5.89. The van der Waals surface area contributed by atoms with E-state index in [1.807, 2.05) is 6.07 Å². The van der Waals surface area contributed by atoms with Crippen LogP contribution < -0.4 is 11.1 Å². The molecule has 98 valence electrons. The topological polar surface area (TPSA) is 68.0 Å². The molecule has 6 heteroatoms. The second kappa shape index (κ2) is 6.45. The summed E-state index contributed by atoms with van der Waals surface area (Å²) in [5.74, 6) is 3.85. The first-order chi connectivity index (χ1) is 9.24. The molecule has 1 amide bonds. The predicted molar refractivity (Wildman–Crippen MR) is 82.5 cm³/mol. The van der Waals surface area contributed by atoms with Gasteiger partial charge in [-0.05, 0) is 6.07 Å². The number of hydrogen-bond donors (Lipinski definition) is 2. The van der Waals surface area contributed by atoms with Gasteiger partial charge in [0, 0.05) is 30.1 Å². The molecule has 19 heavy (non-hydrogen) atoms. The Bertz CT molecular complexity index is 630. The second-order valence-electron chi connectivity index (χ2n) is 3.73. The van der Waals surface area contributed by atoms with E-state index < -0.39 is 0 Å². The maximum atomic E-state index is 12.0. The van der Waals surface area contributed by atoms with Crippen LogP contribution in [0.2, 0.25) is 0 Å². The first-order valence-electron chi connectivity index (χ1n) is 5.65. The zero-order chi connectivity index (χ0) is 13.7. The largest absolute Gasteiger partial charge is 0.397 e. The summed E-state index contributed by atoms with van der Waals surface area (Å²) in [4.78, 5) is 16.6. The Balaban J connectivity index is 2.02. The number of nitrogens with two attached hydrogens (primary N) is 1. The molecule has 2 aromatic heterocycles. The number of nitrogen functional groups attached to an aromatic ring is 1. The zero-order valence-corrected chi connectivity index (χ0v) is 11.8. The van der Waals surface area contributed by atoms with Crippen molar-refractivity contribution in [1.82, 2.24) is 10.3 Å². The Morgan fingerprint density at radius 1 is 1.63 bits per heavy atom. The Labute approximate surface area is 119 Å². The number of thioether (sulfide) groups is 1. The van der Waals surface area contributed by atoms with Crippen LogP contribution in [0.5, 0.6) is 0 Å². The van der Waals surface area contributed by atoms with Crippen molar-refractivity contribution in [2.45, 2.75) is 0 Å². The number of rotatable bonds is 5. The lowest BCUT2D eigenvalue weighted by Crippen LogP contribution is -2.25. The summed E-state index contributed by atoms with van der Waals surface area (Å²) in [6.07, 6.45) is 8.53. The van der Waals surface area contributed by atoms with Gasteiger partial charge in [0.25, 0.3) is 5.91 Å². The molecule has 0 radical (unpaired) electrons. The molecule has 0 aromatic carbocycles. The van der Waals surface area contributed by atoms with E-state index in [2.05, 4.69) is 16.2 Å². The minimum absolute atomic E-state index is 0.139. The van der Waals surface area contributed by atoms with Gasteiger partial charge in [0.05, 0.1) is 16.1 Å². The van der Waals surface area contributed by atoms with Gasteiger partial charge in [-0.1, -0.05) is 5.92 Å². The number of pyridine rings is 1. The molecule has 2 aromatic rings. The lowest BCUT2D eigenvalue weighted by molar-refractivity contribution is 0.0961. The molecule has 0 saturated carbocycles. The Morgan fingerprint density at radius 3 is 3.21 bits per heavy atom. The van der Waals surface area contributed by atoms with Crippen LogP contribution in [-0.4, -0.2) is 28.9 Å². The number of amides is 1. The Hall–Kier alpha value is -1.71. The fourth-order valence-electron chi connectivity index (χ4n) is 1.59. The summed E-state index contributed by atoms with van der Waals surface area (Å²) in [5, 5.41) is 3.72. The number of carbonyl (C=O) groups is 1. The number of terminal acetylenes is 1. The summed E-state index contributed by atoms with van der Waals surface area (Å²) < 4.78 is 0.923. The van der Waals surface area contributed by atoms with Crippen LogP contribution in [0, 0.1) is 12.3 Å². The third-order valence-corrected chi connectivity index (χ3v) is 4.47. The summed E-state index contributed by atoms with van der Waals surface area (Å²) >= 11 is 2.97. The lowest BCUT2D eigenvalue weighted by atomic mass is 10.2. The smallest absolute Gasteiger partial charge is 0.263 e. The SMILES string of the molecule is C#CCSCCNC(=O)c1sc2cnccc2c1N. The van der Waals surface area contributed by atoms with E-state index in [9.17, 15) is 4.79 Å². The first kappa shape index (κ1) is 13.7. The highest BCUT2D eigenvalue weighted by atomic mass is 32.2. The normalized spacial score (nSPS) is 10.3. The molecule has 0 bridgehead atoms. The molecule has 2 heterocycles. The third kappa shape index (κ3) is 3.19. The number of anilines is 1. The van der Waals surface area contributed by atoms with Gasteiger partial charge in [-0.25, -0.2) is 0 Å². The number of nitrogens with zero attached hydrogens (tertiary/aromatic N) is 1. The molecule has 0 atom stereocenters. The molecule has 0 saturated heterocycles. The van der Waals surface area contributed by atoms with E-state index >= 15 is 0 Å². The number of fused-ring (bicyclic) bond motifs is 1. The molecule has 0 aliphatic rings. The summed E-state index contributed by atoms with van der Waals surface area (Å²) in [7, 11) is 0. The quantitative estimate of drug-likeness (QED) is 0.653. The molecule has 3 N–H and O–H groups in total. The molecule has 0 spiro atoms. The molecule has 4 nitrogen and oxygen atoms in total. The van der Waals surface area contributed by atoms with Crippen molar-refractivity contribution in [3.8, 4) is 12.3 Å². The van der Waals surface area contributed by atoms with Crippen LogP contribution in [-0.2, 0) is 0 Å². The molecule has 0 aliphatic carbocycles. The molecule has 2 rings (SSSR count). The van der Waals surface area contributed by atoms with Crippen molar-refractivity contribution in [1.29, 1.82) is 0 Å². The van der Waals surface area contributed by atoms with Crippen molar-refractivity contribution in [2.24, 2.45) is 0 Å². The standard InChI is InChI=1S/C13H13N3OS2/c1-2-6-18-7-5-16-13(17)12-11(14)9-3-4-15-8-10(9)19-12/h1,3-4,8H,5-7,14H2,(H,16,17). The monoisotopic (exact) mass is 291 g/mol. The highest BCUT2D eigenvalue weighted by Crippen LogP contribution is 2.32. The minimum atomic E-state index is -0.139. The number of hydrogen-bond acceptors (Lipinski definition) is 5. The van der Waals surface area contributed by atoms with Gasteiger partial charge in [0.15, 0.2) is 0 Å². The summed E-state index contributed by atoms with van der Waals surface area (Å²) in [5.41, 5.74) is 6.51. The van der Waals surface area contributed by atoms with Crippen LogP contribution >= 0.6 is 23.1 Å². The Kier molecular flexibility index (Phi) is 4.66. The van der Waals surface area contributed by atoms with Gasteiger partial charge in [-0.15, -0.1) is 29.5 Å². The number of carbonyl (C=O) groups excluding carboxylic acids is 1. The molecule has 0 unspecified atom stereocenters. The molecule has 0 fully saturated rings. The van der Waals surface area contributed by atoms with Crippen molar-refractivity contribution < 1.29 is 4.79 Å². The maximum Gasteiger partial charge on any atom is 0.263 e. The van der Waals surface area contributed by atoms with Crippen LogP contribution in [0.15, 0.2) is 18.5 Å². The average molecular weight is 291 g/mol. The molecular weight excluding hydrogens is 278 g/mol. The van der Waals surface area contributed by atoms with Crippen molar-refractivity contribution in [3.05, 3.63) is 23.3 Å². The highest BCUT2D eigenvalue weighted by molar-refractivity contribution is 7.99. The maximum absolute atomic E-state index is 12.0. The number of thiophene rings is 1. The van der Waals surface area contributed by atoms with E-state index in [4.69, 9.17) is 12.2 Å². The van der Waals surface area contributed by atoms with E-state index in [1.165, 1.54) is 11.3 Å². The number of aromatic nitrogens is 1. The highest BCUT2D eigenvalue weighted by Gasteiger charge is 2.15. The van der Waals surface area contributed by atoms with Crippen LogP contribution in [0.3, 0.4) is 0 Å². The Morgan fingerprint density at radius 2 is 2.47 bits per heavy atom. The van der Waals surface area contributed by atoms with Gasteiger partial charge in [0.2, 0.25) is 0 Å². The van der Waals surface area contributed by atoms with Crippen LogP contribution in [0.25, 0.3) is 10.1 Å². The summed E-state index contributed by atoms with van der Waals surface area (Å²) in [6.45, 7) is 0.580. The zero-order valence-electron chi connectivity index (χ0n) is 10.2. The van der Waals surface area contributed by atoms with E-state index in [1.54, 1.807) is 24.2 Å². The van der Waals surface area contributed by atoms with Gasteiger partial charge < -0.3 is 11.1 Å². The van der Waals surface area contributed by atoms with Crippen LogP contribution in [0.4, 0.5) is 5.69 Å². The van der Waals surface area contributed by atoms with E-state index in [0.29, 0.717) is 22.9 Å². The fraction of sp³-hybridized carbons (Fsp3) is 0.231. The van der Waals surface area contributed by atoms with Crippen LogP contribution in [0.1, 0.15) is 9.67 Å². The minimum Gasteiger partial charge on any atom is -0.397 e.